The molecule has 0 heterocycles. The molecule has 0 fully saturated rings. The summed E-state index contributed by atoms with van der Waals surface area (Å²) >= 11 is 0. The predicted molar refractivity (Wildman–Crippen MR) is 52.8 cm³/mol. The van der Waals surface area contributed by atoms with Crippen molar-refractivity contribution in [3.63, 3.8) is 0 Å². The molecule has 0 spiro atoms. The molecule has 0 N–H and O–H groups in total. The Kier molecular flexibility index (Phi) is 8.09. The maximum atomic E-state index is 10.1. The van der Waals surface area contributed by atoms with Crippen LogP contribution in [0.25, 0.3) is 0 Å². The molecule has 1 heteroatoms. The first kappa shape index (κ1) is 11.4. The van der Waals surface area contributed by atoms with Gasteiger partial charge >= 0.3 is 0 Å². The molecular weight excluding hydrogens is 148 g/mol. The number of hydrogen-bond donors (Lipinski definition) is 0. The highest BCUT2D eigenvalue weighted by atomic mass is 16.1. The molecule has 0 saturated carbocycles. The van der Waals surface area contributed by atoms with Crippen LogP contribution in [0, 0.1) is 5.92 Å². The monoisotopic (exact) mass is 167 g/mol. The normalized spacial score (nSPS) is 13.5. The topological polar surface area (TPSA) is 17.1 Å². The van der Waals surface area contributed by atoms with Gasteiger partial charge in [-0.1, -0.05) is 31.9 Å². The molecular formula is C11H19O. The molecule has 0 aliphatic heterocycles. The zero-order chi connectivity index (χ0) is 9.23. The molecule has 69 valence electrons. The Balaban J connectivity index is 3.05. The summed E-state index contributed by atoms with van der Waals surface area (Å²) in [5, 5.41) is 0. The summed E-state index contributed by atoms with van der Waals surface area (Å²) in [5.41, 5.74) is 0. The van der Waals surface area contributed by atoms with Crippen molar-refractivity contribution in [3.8, 4) is 0 Å². The number of hydrogen-bond acceptors (Lipinski definition) is 1. The Morgan fingerprint density at radius 3 is 2.67 bits per heavy atom. The first-order valence-electron chi connectivity index (χ1n) is 4.80. The van der Waals surface area contributed by atoms with E-state index in [1.807, 2.05) is 20.1 Å². The van der Waals surface area contributed by atoms with Crippen LogP contribution in [-0.4, -0.2) is 6.29 Å². The lowest BCUT2D eigenvalue weighted by atomic mass is 10.0. The van der Waals surface area contributed by atoms with Gasteiger partial charge in [-0.15, -0.1) is 0 Å². The Hall–Kier alpha value is -0.590. The SMILES string of the molecule is C/C=C/CCCCCC(C)[C]=O. The van der Waals surface area contributed by atoms with Gasteiger partial charge in [0.2, 0.25) is 6.29 Å². The zero-order valence-electron chi connectivity index (χ0n) is 8.18. The van der Waals surface area contributed by atoms with Crippen LogP contribution in [0.15, 0.2) is 12.2 Å². The second kappa shape index (κ2) is 8.51. The summed E-state index contributed by atoms with van der Waals surface area (Å²) in [6.07, 6.45) is 12.1. The second-order valence-corrected chi connectivity index (χ2v) is 3.23. The quantitative estimate of drug-likeness (QED) is 0.420. The van der Waals surface area contributed by atoms with E-state index in [1.165, 1.54) is 19.3 Å². The maximum Gasteiger partial charge on any atom is 0.201 e. The van der Waals surface area contributed by atoms with Gasteiger partial charge in [0, 0.05) is 5.92 Å². The molecule has 0 aromatic heterocycles. The summed E-state index contributed by atoms with van der Waals surface area (Å²) in [6, 6.07) is 0. The van der Waals surface area contributed by atoms with Crippen LogP contribution < -0.4 is 0 Å². The fraction of sp³-hybridized carbons (Fsp3) is 0.727. The third kappa shape index (κ3) is 7.52. The van der Waals surface area contributed by atoms with E-state index in [-0.39, 0.29) is 5.92 Å². The summed E-state index contributed by atoms with van der Waals surface area (Å²) in [7, 11) is 0. The highest BCUT2D eigenvalue weighted by molar-refractivity contribution is 5.53. The van der Waals surface area contributed by atoms with Crippen LogP contribution in [0.3, 0.4) is 0 Å². The van der Waals surface area contributed by atoms with Gasteiger partial charge in [0.25, 0.3) is 0 Å². The van der Waals surface area contributed by atoms with Crippen molar-refractivity contribution in [2.45, 2.75) is 46.0 Å². The predicted octanol–water partition coefficient (Wildman–Crippen LogP) is 3.26. The largest absolute Gasteiger partial charge is 0.291 e. The molecule has 0 aromatic carbocycles. The summed E-state index contributed by atoms with van der Waals surface area (Å²) in [6.45, 7) is 3.97. The standard InChI is InChI=1S/C11H19O/c1-3-4-5-6-7-8-9-11(2)10-12/h3-4,11H,5-9H2,1-2H3/b4-3+. The van der Waals surface area contributed by atoms with Gasteiger partial charge in [0.15, 0.2) is 0 Å². The van der Waals surface area contributed by atoms with E-state index in [9.17, 15) is 4.79 Å². The van der Waals surface area contributed by atoms with Gasteiger partial charge in [0.1, 0.15) is 0 Å². The molecule has 1 nitrogen and oxygen atoms in total. The highest BCUT2D eigenvalue weighted by Gasteiger charge is 1.98. The minimum absolute atomic E-state index is 0.131. The fourth-order valence-electron chi connectivity index (χ4n) is 1.12. The van der Waals surface area contributed by atoms with Gasteiger partial charge < -0.3 is 0 Å². The first-order valence-corrected chi connectivity index (χ1v) is 4.80. The number of carbonyl (C=O) groups excluding carboxylic acids is 1. The first-order chi connectivity index (χ1) is 5.81. The van der Waals surface area contributed by atoms with E-state index in [0.717, 1.165) is 12.8 Å². The van der Waals surface area contributed by atoms with E-state index in [4.69, 9.17) is 0 Å². The average Bonchev–Trinajstić information content (AvgIpc) is 2.10. The average molecular weight is 167 g/mol. The van der Waals surface area contributed by atoms with E-state index < -0.39 is 0 Å². The summed E-state index contributed by atoms with van der Waals surface area (Å²) in [4.78, 5) is 10.1. The number of rotatable bonds is 7. The number of unbranched alkanes of at least 4 members (excludes halogenated alkanes) is 3. The third-order valence-electron chi connectivity index (χ3n) is 1.94. The Morgan fingerprint density at radius 1 is 1.33 bits per heavy atom. The Bertz CT molecular complexity index is 127. The van der Waals surface area contributed by atoms with E-state index in [1.54, 1.807) is 0 Å². The van der Waals surface area contributed by atoms with E-state index >= 15 is 0 Å². The molecule has 1 unspecified atom stereocenters. The lowest BCUT2D eigenvalue weighted by Crippen LogP contribution is -1.94. The number of allylic oxidation sites excluding steroid dienone is 2. The van der Waals surface area contributed by atoms with Crippen molar-refractivity contribution < 1.29 is 4.79 Å². The van der Waals surface area contributed by atoms with Crippen LogP contribution in [0.4, 0.5) is 0 Å². The van der Waals surface area contributed by atoms with E-state index in [0.29, 0.717) is 0 Å². The molecule has 0 aliphatic rings. The molecule has 12 heavy (non-hydrogen) atoms. The minimum Gasteiger partial charge on any atom is -0.291 e. The van der Waals surface area contributed by atoms with Gasteiger partial charge in [-0.25, -0.2) is 0 Å². The maximum absolute atomic E-state index is 10.1. The Morgan fingerprint density at radius 2 is 2.08 bits per heavy atom. The lowest BCUT2D eigenvalue weighted by molar-refractivity contribution is 0.506. The van der Waals surface area contributed by atoms with Crippen molar-refractivity contribution >= 4 is 6.29 Å². The lowest BCUT2D eigenvalue weighted by Gasteiger charge is -2.00. The van der Waals surface area contributed by atoms with Crippen molar-refractivity contribution in [2.24, 2.45) is 5.92 Å². The Labute approximate surface area is 75.9 Å². The van der Waals surface area contributed by atoms with Crippen molar-refractivity contribution in [1.29, 1.82) is 0 Å². The molecule has 0 bridgehead atoms. The van der Waals surface area contributed by atoms with E-state index in [2.05, 4.69) is 12.2 Å². The molecule has 0 aromatic rings. The van der Waals surface area contributed by atoms with Crippen LogP contribution in [0.5, 0.6) is 0 Å². The highest BCUT2D eigenvalue weighted by Crippen LogP contribution is 2.08. The molecule has 1 atom stereocenters. The molecule has 0 aliphatic carbocycles. The smallest absolute Gasteiger partial charge is 0.201 e. The van der Waals surface area contributed by atoms with Gasteiger partial charge in [0.05, 0.1) is 0 Å². The third-order valence-corrected chi connectivity index (χ3v) is 1.94. The second-order valence-electron chi connectivity index (χ2n) is 3.23. The van der Waals surface area contributed by atoms with Crippen LogP contribution in [-0.2, 0) is 4.79 Å². The summed E-state index contributed by atoms with van der Waals surface area (Å²) < 4.78 is 0. The molecule has 0 rings (SSSR count). The van der Waals surface area contributed by atoms with Crippen LogP contribution >= 0.6 is 0 Å². The summed E-state index contributed by atoms with van der Waals surface area (Å²) in [5.74, 6) is 0.131. The minimum atomic E-state index is 0.131. The zero-order valence-corrected chi connectivity index (χ0v) is 8.18. The van der Waals surface area contributed by atoms with Crippen LogP contribution in [0.2, 0.25) is 0 Å². The van der Waals surface area contributed by atoms with Crippen molar-refractivity contribution in [1.82, 2.24) is 0 Å². The van der Waals surface area contributed by atoms with Gasteiger partial charge in [-0.2, -0.15) is 0 Å². The van der Waals surface area contributed by atoms with Gasteiger partial charge in [-0.05, 0) is 26.2 Å². The van der Waals surface area contributed by atoms with Crippen molar-refractivity contribution in [3.05, 3.63) is 12.2 Å². The van der Waals surface area contributed by atoms with Gasteiger partial charge in [-0.3, -0.25) is 4.79 Å². The van der Waals surface area contributed by atoms with Crippen LogP contribution in [0.1, 0.15) is 46.0 Å². The fourth-order valence-corrected chi connectivity index (χ4v) is 1.12. The molecule has 1 radical (unpaired) electrons. The van der Waals surface area contributed by atoms with Crippen molar-refractivity contribution in [2.75, 3.05) is 0 Å². The molecule has 0 amide bonds. The molecule has 0 saturated heterocycles.